The number of halogens is 1. The van der Waals surface area contributed by atoms with E-state index in [9.17, 15) is 14.7 Å². The molecule has 3 heterocycles. The fourth-order valence-corrected chi connectivity index (χ4v) is 4.05. The summed E-state index contributed by atoms with van der Waals surface area (Å²) >= 11 is 6.26. The van der Waals surface area contributed by atoms with Crippen molar-refractivity contribution in [2.75, 3.05) is 13.2 Å². The van der Waals surface area contributed by atoms with E-state index in [1.807, 2.05) is 24.0 Å². The van der Waals surface area contributed by atoms with E-state index < -0.39 is 17.7 Å². The number of furan rings is 1. The second kappa shape index (κ2) is 9.32. The summed E-state index contributed by atoms with van der Waals surface area (Å²) < 4.78 is 12.9. The number of ether oxygens (including phenoxy) is 1. The summed E-state index contributed by atoms with van der Waals surface area (Å²) in [6.45, 7) is 3.25. The van der Waals surface area contributed by atoms with Gasteiger partial charge in [-0.3, -0.25) is 14.6 Å². The Kier molecular flexibility index (Phi) is 6.32. The molecule has 1 unspecified atom stereocenters. The summed E-state index contributed by atoms with van der Waals surface area (Å²) in [6, 6.07) is 7.26. The molecule has 0 spiro atoms. The van der Waals surface area contributed by atoms with E-state index in [0.717, 1.165) is 0 Å². The average Bonchev–Trinajstić information content (AvgIpc) is 3.53. The SMILES string of the molecule is CCOc1ccc(/C(O)=C2\C(=O)C(=O)N(CCC[n+]3cc[nH]c3)C2c2ccco2)cc1Cl. The number of aliphatic hydroxyl groups excluding tert-OH is 1. The van der Waals surface area contributed by atoms with Crippen LogP contribution >= 0.6 is 11.6 Å². The van der Waals surface area contributed by atoms with Crippen molar-refractivity contribution < 1.29 is 28.4 Å². The number of amides is 1. The van der Waals surface area contributed by atoms with E-state index in [0.29, 0.717) is 48.2 Å². The lowest BCUT2D eigenvalue weighted by Crippen LogP contribution is -2.35. The second-order valence-corrected chi connectivity index (χ2v) is 7.70. The molecule has 1 amide bonds. The number of benzene rings is 1. The molecule has 32 heavy (non-hydrogen) atoms. The molecule has 0 radical (unpaired) electrons. The van der Waals surface area contributed by atoms with Gasteiger partial charge < -0.3 is 19.2 Å². The number of imidazole rings is 1. The third-order valence-electron chi connectivity index (χ3n) is 5.28. The molecule has 9 heteroatoms. The molecule has 2 aromatic heterocycles. The largest absolute Gasteiger partial charge is 0.507 e. The van der Waals surface area contributed by atoms with E-state index in [-0.39, 0.29) is 11.3 Å². The highest BCUT2D eigenvalue weighted by atomic mass is 35.5. The molecule has 1 aliphatic rings. The van der Waals surface area contributed by atoms with E-state index in [2.05, 4.69) is 4.98 Å². The number of aromatic nitrogens is 2. The van der Waals surface area contributed by atoms with Crippen LogP contribution < -0.4 is 9.30 Å². The van der Waals surface area contributed by atoms with Gasteiger partial charge in [-0.15, -0.1) is 0 Å². The van der Waals surface area contributed by atoms with Crippen LogP contribution in [0.15, 0.2) is 65.3 Å². The Hall–Kier alpha value is -3.52. The van der Waals surface area contributed by atoms with Crippen molar-refractivity contribution in [1.29, 1.82) is 0 Å². The van der Waals surface area contributed by atoms with Crippen LogP contribution in [0.4, 0.5) is 0 Å². The molecule has 1 atom stereocenters. The Morgan fingerprint density at radius 2 is 2.19 bits per heavy atom. The van der Waals surface area contributed by atoms with Crippen molar-refractivity contribution in [3.8, 4) is 5.75 Å². The average molecular weight is 457 g/mol. The Bertz CT molecular complexity index is 1140. The van der Waals surface area contributed by atoms with Crippen molar-refractivity contribution in [3.63, 3.8) is 0 Å². The van der Waals surface area contributed by atoms with Crippen molar-refractivity contribution in [2.24, 2.45) is 0 Å². The van der Waals surface area contributed by atoms with Crippen LogP contribution in [0.25, 0.3) is 5.76 Å². The lowest BCUT2D eigenvalue weighted by molar-refractivity contribution is -0.695. The van der Waals surface area contributed by atoms with Gasteiger partial charge in [0.05, 0.1) is 30.0 Å². The summed E-state index contributed by atoms with van der Waals surface area (Å²) in [5, 5.41) is 11.3. The number of nitrogens with one attached hydrogen (secondary N) is 1. The van der Waals surface area contributed by atoms with Gasteiger partial charge in [0, 0.05) is 18.5 Å². The van der Waals surface area contributed by atoms with Crippen molar-refractivity contribution >= 4 is 29.1 Å². The normalized spacial score (nSPS) is 17.8. The zero-order valence-corrected chi connectivity index (χ0v) is 18.2. The van der Waals surface area contributed by atoms with Gasteiger partial charge in [-0.1, -0.05) is 11.6 Å². The Labute approximate surface area is 189 Å². The molecule has 0 aliphatic carbocycles. The lowest BCUT2D eigenvalue weighted by Gasteiger charge is -2.23. The number of likely N-dealkylation sites (tertiary alicyclic amines) is 1. The van der Waals surface area contributed by atoms with Gasteiger partial charge in [-0.05, 0) is 37.3 Å². The predicted molar refractivity (Wildman–Crippen MR) is 116 cm³/mol. The van der Waals surface area contributed by atoms with Crippen LogP contribution in [0.2, 0.25) is 5.02 Å². The number of nitrogens with zero attached hydrogens (tertiary/aromatic N) is 2. The molecule has 1 saturated heterocycles. The van der Waals surface area contributed by atoms with Crippen LogP contribution in [0.1, 0.15) is 30.7 Å². The molecule has 2 N–H and O–H groups in total. The molecule has 0 bridgehead atoms. The Morgan fingerprint density at radius 1 is 1.34 bits per heavy atom. The topological polar surface area (TPSA) is 99.6 Å². The fraction of sp³-hybridized carbons (Fsp3) is 0.261. The van der Waals surface area contributed by atoms with Gasteiger partial charge in [0.1, 0.15) is 35.7 Å². The molecule has 1 aliphatic heterocycles. The first-order valence-electron chi connectivity index (χ1n) is 10.3. The summed E-state index contributed by atoms with van der Waals surface area (Å²) in [7, 11) is 0. The smallest absolute Gasteiger partial charge is 0.295 e. The Balaban J connectivity index is 1.68. The quantitative estimate of drug-likeness (QED) is 0.234. The van der Waals surface area contributed by atoms with Crippen LogP contribution in [0.5, 0.6) is 5.75 Å². The Morgan fingerprint density at radius 3 is 2.84 bits per heavy atom. The number of hydrogen-bond acceptors (Lipinski definition) is 5. The van der Waals surface area contributed by atoms with Crippen molar-refractivity contribution in [2.45, 2.75) is 25.9 Å². The lowest BCUT2D eigenvalue weighted by atomic mass is 9.99. The maximum absolute atomic E-state index is 13.0. The summed E-state index contributed by atoms with van der Waals surface area (Å²) in [6.07, 6.45) is 7.58. The van der Waals surface area contributed by atoms with E-state index >= 15 is 0 Å². The first-order valence-corrected chi connectivity index (χ1v) is 10.7. The van der Waals surface area contributed by atoms with Gasteiger partial charge >= 0.3 is 0 Å². The van der Waals surface area contributed by atoms with Crippen LogP contribution in [-0.4, -0.2) is 39.8 Å². The molecular weight excluding hydrogens is 434 g/mol. The maximum Gasteiger partial charge on any atom is 0.295 e. The highest BCUT2D eigenvalue weighted by Crippen LogP contribution is 2.40. The van der Waals surface area contributed by atoms with Gasteiger partial charge in [-0.25, -0.2) is 4.57 Å². The van der Waals surface area contributed by atoms with Crippen LogP contribution in [-0.2, 0) is 16.1 Å². The van der Waals surface area contributed by atoms with Gasteiger partial charge in [0.25, 0.3) is 11.7 Å². The first kappa shape index (κ1) is 21.7. The standard InChI is InChI=1S/C23H22ClN3O5/c1-2-31-17-7-6-15(13-16(17)24)21(28)19-20(18-5-3-12-32-18)27(23(30)22(19)29)10-4-9-26-11-8-25-14-26/h3,5-8,11-14,20H,2,4,9-10H2,1H3,(H,28,29)/p+1. The molecule has 4 rings (SSSR count). The van der Waals surface area contributed by atoms with Crippen molar-refractivity contribution in [1.82, 2.24) is 9.88 Å². The minimum atomic E-state index is -0.827. The highest BCUT2D eigenvalue weighted by Gasteiger charge is 2.47. The van der Waals surface area contributed by atoms with Gasteiger partial charge in [-0.2, -0.15) is 0 Å². The number of rotatable bonds is 8. The molecule has 0 saturated carbocycles. The van der Waals surface area contributed by atoms with Gasteiger partial charge in [0.2, 0.25) is 6.33 Å². The molecule has 166 valence electrons. The third kappa shape index (κ3) is 4.13. The minimum Gasteiger partial charge on any atom is -0.507 e. The number of ketones is 1. The minimum absolute atomic E-state index is 0.0283. The van der Waals surface area contributed by atoms with Crippen LogP contribution in [0.3, 0.4) is 0 Å². The number of aryl methyl sites for hydroxylation is 1. The molecule has 1 fully saturated rings. The maximum atomic E-state index is 13.0. The zero-order valence-electron chi connectivity index (χ0n) is 17.5. The number of carbonyl (C=O) groups is 2. The van der Waals surface area contributed by atoms with Crippen molar-refractivity contribution in [3.05, 3.63) is 77.2 Å². The monoisotopic (exact) mass is 456 g/mol. The fourth-order valence-electron chi connectivity index (χ4n) is 3.81. The van der Waals surface area contributed by atoms with Gasteiger partial charge in [0.15, 0.2) is 0 Å². The summed E-state index contributed by atoms with van der Waals surface area (Å²) in [5.74, 6) is -0.877. The molecular formula is C23H23ClN3O5+. The van der Waals surface area contributed by atoms with E-state index in [1.54, 1.807) is 30.5 Å². The summed E-state index contributed by atoms with van der Waals surface area (Å²) in [4.78, 5) is 30.3. The van der Waals surface area contributed by atoms with E-state index in [4.69, 9.17) is 20.8 Å². The van der Waals surface area contributed by atoms with E-state index in [1.165, 1.54) is 17.2 Å². The number of Topliss-reactive ketones (excluding diaryl/α,β-unsaturated/α-hetero) is 1. The molecule has 1 aromatic carbocycles. The number of H-pyrrole nitrogens is 1. The number of hydrogen-bond donors (Lipinski definition) is 2. The number of aromatic amines is 1. The zero-order chi connectivity index (χ0) is 22.7. The third-order valence-corrected chi connectivity index (χ3v) is 5.57. The number of aliphatic hydroxyl groups is 1. The molecule has 3 aromatic rings. The second-order valence-electron chi connectivity index (χ2n) is 7.29. The van der Waals surface area contributed by atoms with Crippen LogP contribution in [0, 0.1) is 0 Å². The summed E-state index contributed by atoms with van der Waals surface area (Å²) in [5.41, 5.74) is 0.287. The highest BCUT2D eigenvalue weighted by molar-refractivity contribution is 6.46. The molecule has 8 nitrogen and oxygen atoms in total. The number of carbonyl (C=O) groups excluding carboxylic acids is 2. The first-order chi connectivity index (χ1) is 15.5. The predicted octanol–water partition coefficient (Wildman–Crippen LogP) is 3.46.